The average molecular weight is 474 g/mol. The van der Waals surface area contributed by atoms with Gasteiger partial charge in [0, 0.05) is 35.2 Å². The Morgan fingerprint density at radius 3 is 2.58 bits per heavy atom. The van der Waals surface area contributed by atoms with Gasteiger partial charge in [0.25, 0.3) is 0 Å². The second-order valence-electron chi connectivity index (χ2n) is 10.2. The van der Waals surface area contributed by atoms with E-state index in [0.717, 1.165) is 64.8 Å². The second-order valence-corrected chi connectivity index (χ2v) is 11.3. The van der Waals surface area contributed by atoms with Crippen LogP contribution in [0.5, 0.6) is 0 Å². The summed E-state index contributed by atoms with van der Waals surface area (Å²) in [7, 11) is 0. The maximum Gasteiger partial charge on any atom is 0.442 e. The Labute approximate surface area is 200 Å². The Balaban J connectivity index is 1.84. The summed E-state index contributed by atoms with van der Waals surface area (Å²) in [6, 6.07) is 4.50. The number of rotatable bonds is 6. The van der Waals surface area contributed by atoms with Crippen molar-refractivity contribution in [2.24, 2.45) is 5.41 Å². The van der Waals surface area contributed by atoms with Crippen molar-refractivity contribution in [1.82, 2.24) is 4.90 Å². The van der Waals surface area contributed by atoms with Gasteiger partial charge in [0.2, 0.25) is 0 Å². The van der Waals surface area contributed by atoms with Crippen molar-refractivity contribution in [3.8, 4) is 0 Å². The second kappa shape index (κ2) is 8.72. The van der Waals surface area contributed by atoms with Crippen molar-refractivity contribution < 1.29 is 13.2 Å². The van der Waals surface area contributed by atoms with Gasteiger partial charge < -0.3 is 4.90 Å². The first kappa shape index (κ1) is 24.3. The summed E-state index contributed by atoms with van der Waals surface area (Å²) in [6.07, 6.45) is 9.25. The van der Waals surface area contributed by atoms with Crippen LogP contribution < -0.4 is 0 Å². The molecule has 0 bridgehead atoms. The number of hydrogen-bond donors (Lipinski definition) is 0. The van der Waals surface area contributed by atoms with Crippen molar-refractivity contribution in [3.63, 3.8) is 0 Å². The van der Waals surface area contributed by atoms with Gasteiger partial charge in [-0.3, -0.25) is 0 Å². The lowest BCUT2D eigenvalue weighted by Crippen LogP contribution is -2.45. The van der Waals surface area contributed by atoms with Crippen LogP contribution in [0.25, 0.3) is 5.70 Å². The number of hydrogen-bond acceptors (Lipinski definition) is 2. The van der Waals surface area contributed by atoms with Gasteiger partial charge in [0.15, 0.2) is 0 Å². The minimum Gasteiger partial charge on any atom is -0.343 e. The highest BCUT2D eigenvalue weighted by atomic mass is 32.2. The standard InChI is InChI=1S/C28H34F3NS/c1-7-9-17(3)24-15-32-25(12-18(24)4)23-13-19(8-2)20(16-33-28(29,30)31)14-22(23)21-10-11-27(5,6)26(21)32/h12-15,21,26H,3-4,7-11,16H2,1-2,5-6H3. The Bertz CT molecular complexity index is 1040. The fraction of sp³-hybridized carbons (Fsp3) is 0.500. The van der Waals surface area contributed by atoms with Crippen LogP contribution in [0.3, 0.4) is 0 Å². The summed E-state index contributed by atoms with van der Waals surface area (Å²) in [4.78, 5) is 2.44. The lowest BCUT2D eigenvalue weighted by atomic mass is 9.74. The molecule has 1 aliphatic carbocycles. The molecule has 0 N–H and O–H groups in total. The zero-order valence-corrected chi connectivity index (χ0v) is 20.9. The van der Waals surface area contributed by atoms with E-state index >= 15 is 0 Å². The summed E-state index contributed by atoms with van der Waals surface area (Å²) in [5.74, 6) is 0.271. The molecule has 0 radical (unpaired) electrons. The number of halogens is 3. The molecular weight excluding hydrogens is 439 g/mol. The van der Waals surface area contributed by atoms with Gasteiger partial charge in [-0.15, -0.1) is 0 Å². The molecule has 0 aromatic heterocycles. The largest absolute Gasteiger partial charge is 0.442 e. The Kier molecular flexibility index (Phi) is 6.41. The molecule has 33 heavy (non-hydrogen) atoms. The first-order chi connectivity index (χ1) is 15.5. The molecule has 2 aliphatic heterocycles. The fourth-order valence-electron chi connectivity index (χ4n) is 5.94. The molecule has 0 spiro atoms. The number of allylic oxidation sites excluding steroid dienone is 4. The third-order valence-electron chi connectivity index (χ3n) is 7.54. The summed E-state index contributed by atoms with van der Waals surface area (Å²) in [5, 5.41) is 0. The molecule has 1 saturated carbocycles. The van der Waals surface area contributed by atoms with E-state index in [0.29, 0.717) is 12.3 Å². The molecule has 4 rings (SSSR count). The zero-order chi connectivity index (χ0) is 24.1. The summed E-state index contributed by atoms with van der Waals surface area (Å²) >= 11 is 0.0648. The Morgan fingerprint density at radius 1 is 1.21 bits per heavy atom. The zero-order valence-electron chi connectivity index (χ0n) is 20.1. The number of nitrogens with zero attached hydrogens (tertiary/aromatic N) is 1. The lowest BCUT2D eigenvalue weighted by molar-refractivity contribution is -0.0329. The number of fused-ring (bicyclic) bond motifs is 6. The van der Waals surface area contributed by atoms with Gasteiger partial charge in [0.05, 0.1) is 0 Å². The van der Waals surface area contributed by atoms with E-state index in [4.69, 9.17) is 0 Å². The van der Waals surface area contributed by atoms with Crippen LogP contribution >= 0.6 is 11.8 Å². The SMILES string of the molecule is C=C1C=C2c3cc(CC)c(CSC(F)(F)F)cc3C3CCC(C)(C)C3N2C=C1C(=C)CCC. The van der Waals surface area contributed by atoms with E-state index in [2.05, 4.69) is 63.2 Å². The van der Waals surface area contributed by atoms with E-state index in [9.17, 15) is 13.2 Å². The van der Waals surface area contributed by atoms with E-state index in [-0.39, 0.29) is 29.0 Å². The molecule has 5 heteroatoms. The van der Waals surface area contributed by atoms with Crippen LogP contribution in [-0.4, -0.2) is 16.5 Å². The topological polar surface area (TPSA) is 3.24 Å². The number of thioether (sulfide) groups is 1. The predicted octanol–water partition coefficient (Wildman–Crippen LogP) is 8.74. The molecular formula is C28H34F3NS. The molecule has 2 atom stereocenters. The van der Waals surface area contributed by atoms with Crippen molar-refractivity contribution in [2.75, 3.05) is 0 Å². The van der Waals surface area contributed by atoms with Gasteiger partial charge in [-0.2, -0.15) is 13.2 Å². The summed E-state index contributed by atoms with van der Waals surface area (Å²) in [6.45, 7) is 17.5. The van der Waals surface area contributed by atoms with E-state index in [1.165, 1.54) is 5.56 Å². The normalized spacial score (nSPS) is 23.5. The van der Waals surface area contributed by atoms with Gasteiger partial charge >= 0.3 is 5.51 Å². The van der Waals surface area contributed by atoms with Crippen LogP contribution in [0.2, 0.25) is 0 Å². The molecule has 3 aliphatic rings. The first-order valence-corrected chi connectivity index (χ1v) is 12.9. The molecule has 1 aromatic rings. The molecule has 2 unspecified atom stereocenters. The highest BCUT2D eigenvalue weighted by Gasteiger charge is 2.50. The first-order valence-electron chi connectivity index (χ1n) is 11.9. The van der Waals surface area contributed by atoms with Crippen molar-refractivity contribution >= 4 is 17.5 Å². The van der Waals surface area contributed by atoms with Crippen molar-refractivity contribution in [1.29, 1.82) is 0 Å². The van der Waals surface area contributed by atoms with Crippen molar-refractivity contribution in [3.05, 3.63) is 76.5 Å². The van der Waals surface area contributed by atoms with Crippen LogP contribution in [0, 0.1) is 5.41 Å². The Morgan fingerprint density at radius 2 is 1.94 bits per heavy atom. The van der Waals surface area contributed by atoms with Gasteiger partial charge in [-0.1, -0.05) is 53.3 Å². The van der Waals surface area contributed by atoms with Gasteiger partial charge in [-0.05, 0) is 88.4 Å². The summed E-state index contributed by atoms with van der Waals surface area (Å²) < 4.78 is 38.9. The minimum atomic E-state index is -4.22. The highest BCUT2D eigenvalue weighted by Crippen LogP contribution is 2.57. The molecule has 0 saturated heterocycles. The molecule has 0 amide bonds. The van der Waals surface area contributed by atoms with Crippen LogP contribution in [0.1, 0.15) is 81.5 Å². The maximum absolute atomic E-state index is 13.0. The van der Waals surface area contributed by atoms with Crippen LogP contribution in [-0.2, 0) is 12.2 Å². The number of alkyl halides is 3. The van der Waals surface area contributed by atoms with Gasteiger partial charge in [0.1, 0.15) is 0 Å². The average Bonchev–Trinajstić information content (AvgIpc) is 3.06. The highest BCUT2D eigenvalue weighted by molar-refractivity contribution is 7.99. The lowest BCUT2D eigenvalue weighted by Gasteiger charge is -2.48. The molecule has 1 nitrogen and oxygen atoms in total. The third-order valence-corrected chi connectivity index (χ3v) is 8.32. The minimum absolute atomic E-state index is 0.0307. The molecule has 1 aromatic carbocycles. The van der Waals surface area contributed by atoms with E-state index in [1.807, 2.05) is 6.92 Å². The summed E-state index contributed by atoms with van der Waals surface area (Å²) in [5.41, 5.74) is 4.39. The quantitative estimate of drug-likeness (QED) is 0.406. The third kappa shape index (κ3) is 4.45. The number of aryl methyl sites for hydroxylation is 1. The Hall–Kier alpha value is -1.88. The monoisotopic (exact) mass is 473 g/mol. The smallest absolute Gasteiger partial charge is 0.343 e. The maximum atomic E-state index is 13.0. The van der Waals surface area contributed by atoms with Crippen LogP contribution in [0.15, 0.2) is 54.3 Å². The van der Waals surface area contributed by atoms with Crippen LogP contribution in [0.4, 0.5) is 13.2 Å². The van der Waals surface area contributed by atoms with E-state index < -0.39 is 5.51 Å². The molecule has 2 heterocycles. The van der Waals surface area contributed by atoms with E-state index in [1.54, 1.807) is 0 Å². The molecule has 178 valence electrons. The molecule has 1 fully saturated rings. The van der Waals surface area contributed by atoms with Crippen molar-refractivity contribution in [2.45, 2.75) is 83.0 Å². The fourth-order valence-corrected chi connectivity index (χ4v) is 6.53. The van der Waals surface area contributed by atoms with Gasteiger partial charge in [-0.25, -0.2) is 0 Å². The predicted molar refractivity (Wildman–Crippen MR) is 134 cm³/mol. The number of benzene rings is 1.